The van der Waals surface area contributed by atoms with Gasteiger partial charge in [-0.25, -0.2) is 0 Å². The van der Waals surface area contributed by atoms with Gasteiger partial charge in [0.15, 0.2) is 0 Å². The molecule has 9 aromatic carbocycles. The number of benzene rings is 9. The molecule has 2 aromatic heterocycles. The van der Waals surface area contributed by atoms with Crippen molar-refractivity contribution in [3.63, 3.8) is 0 Å². The first-order valence-corrected chi connectivity index (χ1v) is 19.7. The lowest BCUT2D eigenvalue weighted by Gasteiger charge is -2.28. The number of para-hydroxylation sites is 3. The molecule has 0 bridgehead atoms. The molecule has 0 aliphatic heterocycles. The van der Waals surface area contributed by atoms with Gasteiger partial charge in [0.05, 0.1) is 16.1 Å². The first kappa shape index (κ1) is 32.3. The van der Waals surface area contributed by atoms with E-state index in [-0.39, 0.29) is 0 Å². The molecule has 0 saturated carbocycles. The lowest BCUT2D eigenvalue weighted by atomic mass is 9.96. The summed E-state index contributed by atoms with van der Waals surface area (Å²) in [4.78, 5) is 4.73. The second-order valence-corrected chi connectivity index (χ2v) is 15.1. The van der Waals surface area contributed by atoms with E-state index in [0.29, 0.717) is 0 Å². The van der Waals surface area contributed by atoms with Crippen LogP contribution >= 0.6 is 11.3 Å². The Bertz CT molecular complexity index is 3200. The molecule has 0 aliphatic carbocycles. The van der Waals surface area contributed by atoms with E-state index in [2.05, 4.69) is 204 Å². The van der Waals surface area contributed by atoms with Crippen molar-refractivity contribution in [2.24, 2.45) is 0 Å². The molecule has 0 N–H and O–H groups in total. The highest BCUT2D eigenvalue weighted by atomic mass is 32.1. The molecule has 4 heteroatoms. The van der Waals surface area contributed by atoms with Crippen LogP contribution in [0.25, 0.3) is 64.0 Å². The van der Waals surface area contributed by atoms with E-state index in [9.17, 15) is 0 Å². The molecule has 0 atom stereocenters. The highest BCUT2D eigenvalue weighted by Gasteiger charge is 2.21. The molecule has 56 heavy (non-hydrogen) atoms. The Morgan fingerprint density at radius 2 is 0.929 bits per heavy atom. The van der Waals surface area contributed by atoms with E-state index in [0.717, 1.165) is 55.9 Å². The minimum atomic E-state index is 0.876. The van der Waals surface area contributed by atoms with Gasteiger partial charge < -0.3 is 14.2 Å². The number of hydrogen-bond donors (Lipinski definition) is 0. The fraction of sp³-hybridized carbons (Fsp3) is 0. The van der Waals surface area contributed by atoms with Crippen molar-refractivity contribution in [3.05, 3.63) is 206 Å². The number of rotatable bonds is 7. The molecular weight excluding hydrogens is 701 g/mol. The van der Waals surface area contributed by atoms with Crippen molar-refractivity contribution in [3.8, 4) is 11.1 Å². The number of anilines is 6. The van der Waals surface area contributed by atoms with Crippen LogP contribution in [0.15, 0.2) is 211 Å². The minimum Gasteiger partial charge on any atom is -0.456 e. The largest absolute Gasteiger partial charge is 0.456 e. The Hall–Kier alpha value is -7.14. The van der Waals surface area contributed by atoms with Gasteiger partial charge in [-0.05, 0) is 89.3 Å². The summed E-state index contributed by atoms with van der Waals surface area (Å²) in [5.74, 6) is 0. The van der Waals surface area contributed by atoms with Crippen molar-refractivity contribution in [2.45, 2.75) is 0 Å². The summed E-state index contributed by atoms with van der Waals surface area (Å²) in [6.45, 7) is 0. The lowest BCUT2D eigenvalue weighted by molar-refractivity contribution is 0.669. The molecule has 264 valence electrons. The van der Waals surface area contributed by atoms with Gasteiger partial charge in [-0.3, -0.25) is 0 Å². The van der Waals surface area contributed by atoms with Crippen LogP contribution in [0.2, 0.25) is 0 Å². The molecule has 0 amide bonds. The summed E-state index contributed by atoms with van der Waals surface area (Å²) in [6, 6.07) is 73.8. The molecule has 0 spiro atoms. The number of hydrogen-bond acceptors (Lipinski definition) is 4. The molecular formula is C52H34N2OS. The Balaban J connectivity index is 1.03. The van der Waals surface area contributed by atoms with E-state index in [1.54, 1.807) is 0 Å². The number of thiophene rings is 1. The van der Waals surface area contributed by atoms with Gasteiger partial charge in [-0.15, -0.1) is 11.3 Å². The standard InChI is InChI=1S/C52H34N2OS/c1-3-14-36(15-4-1)53(39-30-31-44-43-20-9-11-24-49(43)55-50(44)34-39)38-28-26-35(27-29-38)40-32-33-47(42-19-8-7-18-41(40)42)54(37-16-5-2-6-17-37)48-23-13-22-46-45-21-10-12-25-51(45)56-52(46)48/h1-34H. The van der Waals surface area contributed by atoms with Gasteiger partial charge in [0, 0.05) is 60.4 Å². The minimum absolute atomic E-state index is 0.876. The fourth-order valence-electron chi connectivity index (χ4n) is 8.29. The summed E-state index contributed by atoms with van der Waals surface area (Å²) in [6.07, 6.45) is 0. The SMILES string of the molecule is c1ccc(N(c2ccc(-c3ccc(N(c4ccccc4)c4cccc5c4sc4ccccc45)c4ccccc34)cc2)c2ccc3c(c2)oc2ccccc23)cc1. The van der Waals surface area contributed by atoms with Crippen molar-refractivity contribution in [1.82, 2.24) is 0 Å². The monoisotopic (exact) mass is 734 g/mol. The highest BCUT2D eigenvalue weighted by Crippen LogP contribution is 2.47. The Kier molecular flexibility index (Phi) is 7.68. The average Bonchev–Trinajstić information content (AvgIpc) is 3.84. The zero-order chi connectivity index (χ0) is 37.0. The smallest absolute Gasteiger partial charge is 0.137 e. The maximum atomic E-state index is 6.32. The lowest BCUT2D eigenvalue weighted by Crippen LogP contribution is -2.10. The van der Waals surface area contributed by atoms with Crippen molar-refractivity contribution < 1.29 is 4.42 Å². The molecule has 11 rings (SSSR count). The van der Waals surface area contributed by atoms with Crippen LogP contribution in [0.1, 0.15) is 0 Å². The second-order valence-electron chi connectivity index (χ2n) is 14.1. The van der Waals surface area contributed by atoms with Crippen molar-refractivity contribution in [2.75, 3.05) is 9.80 Å². The molecule has 2 heterocycles. The first-order valence-electron chi connectivity index (χ1n) is 18.9. The van der Waals surface area contributed by atoms with Crippen LogP contribution in [0.5, 0.6) is 0 Å². The Morgan fingerprint density at radius 3 is 1.71 bits per heavy atom. The van der Waals surface area contributed by atoms with Gasteiger partial charge in [-0.2, -0.15) is 0 Å². The van der Waals surface area contributed by atoms with E-state index in [4.69, 9.17) is 4.42 Å². The first-order chi connectivity index (χ1) is 27.8. The third-order valence-corrected chi connectivity index (χ3v) is 12.1. The van der Waals surface area contributed by atoms with E-state index >= 15 is 0 Å². The average molecular weight is 735 g/mol. The molecule has 0 radical (unpaired) electrons. The molecule has 0 saturated heterocycles. The predicted molar refractivity (Wildman–Crippen MR) is 239 cm³/mol. The molecule has 3 nitrogen and oxygen atoms in total. The maximum absolute atomic E-state index is 6.32. The maximum Gasteiger partial charge on any atom is 0.137 e. The van der Waals surface area contributed by atoms with Gasteiger partial charge in [0.2, 0.25) is 0 Å². The predicted octanol–water partition coefficient (Wildman–Crippen LogP) is 15.7. The number of nitrogens with zero attached hydrogens (tertiary/aromatic N) is 2. The van der Waals surface area contributed by atoms with Crippen LogP contribution < -0.4 is 9.80 Å². The zero-order valence-corrected chi connectivity index (χ0v) is 31.2. The summed E-state index contributed by atoms with van der Waals surface area (Å²) >= 11 is 1.86. The zero-order valence-electron chi connectivity index (χ0n) is 30.3. The van der Waals surface area contributed by atoms with Crippen LogP contribution in [0.3, 0.4) is 0 Å². The Morgan fingerprint density at radius 1 is 0.339 bits per heavy atom. The fourth-order valence-corrected chi connectivity index (χ4v) is 9.50. The summed E-state index contributed by atoms with van der Waals surface area (Å²) in [5.41, 5.74) is 10.8. The molecule has 11 aromatic rings. The summed E-state index contributed by atoms with van der Waals surface area (Å²) in [7, 11) is 0. The van der Waals surface area contributed by atoms with E-state index < -0.39 is 0 Å². The molecule has 0 aliphatic rings. The quantitative estimate of drug-likeness (QED) is 0.163. The van der Waals surface area contributed by atoms with Crippen molar-refractivity contribution >= 4 is 98.3 Å². The summed E-state index contributed by atoms with van der Waals surface area (Å²) < 4.78 is 8.90. The van der Waals surface area contributed by atoms with Gasteiger partial charge >= 0.3 is 0 Å². The van der Waals surface area contributed by atoms with Crippen LogP contribution in [0, 0.1) is 0 Å². The van der Waals surface area contributed by atoms with Crippen LogP contribution in [0.4, 0.5) is 34.1 Å². The Labute approximate surface area is 328 Å². The van der Waals surface area contributed by atoms with Gasteiger partial charge in [0.1, 0.15) is 11.2 Å². The van der Waals surface area contributed by atoms with E-state index in [1.807, 2.05) is 23.5 Å². The number of fused-ring (bicyclic) bond motifs is 7. The van der Waals surface area contributed by atoms with Crippen molar-refractivity contribution in [1.29, 1.82) is 0 Å². The third kappa shape index (κ3) is 5.34. The summed E-state index contributed by atoms with van der Waals surface area (Å²) in [5, 5.41) is 7.24. The van der Waals surface area contributed by atoms with Crippen LogP contribution in [-0.2, 0) is 0 Å². The molecule has 0 unspecified atom stereocenters. The highest BCUT2D eigenvalue weighted by molar-refractivity contribution is 7.26. The topological polar surface area (TPSA) is 19.6 Å². The third-order valence-electron chi connectivity index (χ3n) is 10.9. The van der Waals surface area contributed by atoms with E-state index in [1.165, 1.54) is 42.2 Å². The van der Waals surface area contributed by atoms with Gasteiger partial charge in [0.25, 0.3) is 0 Å². The van der Waals surface area contributed by atoms with Gasteiger partial charge in [-0.1, -0.05) is 127 Å². The number of furan rings is 1. The molecule has 0 fully saturated rings. The normalized spacial score (nSPS) is 11.6. The van der Waals surface area contributed by atoms with Crippen LogP contribution in [-0.4, -0.2) is 0 Å². The second kappa shape index (κ2) is 13.3.